The van der Waals surface area contributed by atoms with Crippen LogP contribution in [0.1, 0.15) is 37.2 Å². The lowest BCUT2D eigenvalue weighted by Crippen LogP contribution is -2.60. The van der Waals surface area contributed by atoms with E-state index in [2.05, 4.69) is 0 Å². The van der Waals surface area contributed by atoms with E-state index in [0.29, 0.717) is 5.57 Å². The Morgan fingerprint density at radius 2 is 1.67 bits per heavy atom. The van der Waals surface area contributed by atoms with Gasteiger partial charge >= 0.3 is 5.97 Å². The standard InChI is InChI=1S/C30H24Cl2F2N2O7/c31-29-13-19-16(10-11-17-22(19)26(41)35(25(17)40)12-2-5-21(37)38)23(18-3-1-4-20(34)24(18)39)30(29,32)28(43)36(27(29)42)15-8-6-14(33)7-9-15/h1,3-4,6-10,17,19,22-23,39H,2,5,11-13H2,(H,37,38)/t17-,19+,22-,23+,29+,30-/m0/s1. The van der Waals surface area contributed by atoms with Crippen LogP contribution in [0.5, 0.6) is 5.75 Å². The number of nitrogens with zero attached hydrogens (tertiary/aromatic N) is 2. The van der Waals surface area contributed by atoms with Crippen molar-refractivity contribution in [2.45, 2.75) is 41.3 Å². The number of halogens is 4. The zero-order valence-corrected chi connectivity index (χ0v) is 23.8. The van der Waals surface area contributed by atoms with E-state index in [0.717, 1.165) is 28.0 Å². The van der Waals surface area contributed by atoms with Crippen LogP contribution < -0.4 is 4.90 Å². The number of phenolic OH excluding ortho intramolecular Hbond substituents is 1. The highest BCUT2D eigenvalue weighted by Gasteiger charge is 2.76. The Hall–Kier alpha value is -3.83. The van der Waals surface area contributed by atoms with Crippen LogP contribution >= 0.6 is 23.2 Å². The molecule has 6 rings (SSSR count). The Morgan fingerprint density at radius 3 is 2.35 bits per heavy atom. The van der Waals surface area contributed by atoms with Gasteiger partial charge in [0.2, 0.25) is 11.8 Å². The smallest absolute Gasteiger partial charge is 0.303 e. The van der Waals surface area contributed by atoms with Gasteiger partial charge in [-0.2, -0.15) is 0 Å². The molecule has 1 saturated carbocycles. The van der Waals surface area contributed by atoms with Crippen LogP contribution in [-0.4, -0.2) is 61.0 Å². The van der Waals surface area contributed by atoms with E-state index in [4.69, 9.17) is 28.3 Å². The van der Waals surface area contributed by atoms with E-state index in [1.165, 1.54) is 24.3 Å². The SMILES string of the molecule is O=C(O)CCCN1C(=O)[C@H]2[C@H](CC=C3[C@H]2C[C@@]2(Cl)C(=O)N(c4ccc(F)cc4)C(=O)[C@@]2(Cl)[C@H]3c2cccc(F)c2O)C1=O. The summed E-state index contributed by atoms with van der Waals surface area (Å²) < 4.78 is 28.5. The second-order valence-electron chi connectivity index (χ2n) is 11.3. The summed E-state index contributed by atoms with van der Waals surface area (Å²) in [5.74, 6) is -10.7. The van der Waals surface area contributed by atoms with E-state index in [1.54, 1.807) is 6.08 Å². The monoisotopic (exact) mass is 632 g/mol. The molecule has 9 nitrogen and oxygen atoms in total. The van der Waals surface area contributed by atoms with Gasteiger partial charge in [0.15, 0.2) is 21.3 Å². The molecule has 2 heterocycles. The van der Waals surface area contributed by atoms with Crippen LogP contribution in [-0.2, 0) is 24.0 Å². The number of fused-ring (bicyclic) bond motifs is 4. The van der Waals surface area contributed by atoms with Crippen molar-refractivity contribution in [2.75, 3.05) is 11.4 Å². The zero-order valence-electron chi connectivity index (χ0n) is 22.3. The van der Waals surface area contributed by atoms with E-state index >= 15 is 0 Å². The molecule has 4 amide bonds. The van der Waals surface area contributed by atoms with Gasteiger partial charge in [-0.15, -0.1) is 23.2 Å². The average Bonchev–Trinajstić information content (AvgIpc) is 3.29. The van der Waals surface area contributed by atoms with Gasteiger partial charge in [0.1, 0.15) is 5.82 Å². The van der Waals surface area contributed by atoms with Crippen molar-refractivity contribution >= 4 is 58.5 Å². The second-order valence-corrected chi connectivity index (χ2v) is 12.5. The Labute approximate surface area is 253 Å². The van der Waals surface area contributed by atoms with Gasteiger partial charge in [-0.3, -0.25) is 28.9 Å². The third kappa shape index (κ3) is 4.04. The maximum absolute atomic E-state index is 14.7. The van der Waals surface area contributed by atoms with Crippen molar-refractivity contribution in [3.8, 4) is 5.75 Å². The maximum atomic E-state index is 14.7. The summed E-state index contributed by atoms with van der Waals surface area (Å²) in [4.78, 5) is 63.6. The molecular formula is C30H24Cl2F2N2O7. The molecule has 13 heteroatoms. The van der Waals surface area contributed by atoms with Crippen LogP contribution in [0.2, 0.25) is 0 Å². The molecule has 3 fully saturated rings. The largest absolute Gasteiger partial charge is 0.505 e. The molecule has 2 aromatic carbocycles. The van der Waals surface area contributed by atoms with Crippen LogP contribution in [0, 0.1) is 29.4 Å². The average molecular weight is 633 g/mol. The zero-order chi connectivity index (χ0) is 31.0. The number of carboxylic acid groups (broad SMARTS) is 1. The molecule has 2 aliphatic carbocycles. The molecule has 0 aromatic heterocycles. The van der Waals surface area contributed by atoms with Crippen molar-refractivity contribution in [1.29, 1.82) is 0 Å². The van der Waals surface area contributed by atoms with Crippen LogP contribution in [0.3, 0.4) is 0 Å². The van der Waals surface area contributed by atoms with Gasteiger partial charge in [0, 0.05) is 24.4 Å². The number of allylic oxidation sites excluding steroid dienone is 2. The molecule has 0 bridgehead atoms. The first-order valence-corrected chi connectivity index (χ1v) is 14.3. The van der Waals surface area contributed by atoms with E-state index in [-0.39, 0.29) is 43.5 Å². The number of anilines is 1. The molecule has 0 radical (unpaired) electrons. The number of carboxylic acids is 1. The maximum Gasteiger partial charge on any atom is 0.303 e. The first kappa shape index (κ1) is 29.3. The van der Waals surface area contributed by atoms with Gasteiger partial charge < -0.3 is 10.2 Å². The Bertz CT molecular complexity index is 1630. The lowest BCUT2D eigenvalue weighted by molar-refractivity contribution is -0.142. The van der Waals surface area contributed by atoms with Gasteiger partial charge in [0.25, 0.3) is 11.8 Å². The topological polar surface area (TPSA) is 132 Å². The van der Waals surface area contributed by atoms with Gasteiger partial charge in [-0.05, 0) is 55.5 Å². The third-order valence-electron chi connectivity index (χ3n) is 9.09. The molecule has 2 saturated heterocycles. The fraction of sp³-hybridized carbons (Fsp3) is 0.367. The molecule has 6 atom stereocenters. The van der Waals surface area contributed by atoms with Crippen molar-refractivity contribution in [2.24, 2.45) is 17.8 Å². The number of hydrogen-bond acceptors (Lipinski definition) is 6. The Kier molecular flexibility index (Phi) is 6.89. The fourth-order valence-electron chi connectivity index (χ4n) is 7.18. The van der Waals surface area contributed by atoms with Crippen molar-refractivity contribution in [3.63, 3.8) is 0 Å². The number of rotatable bonds is 6. The van der Waals surface area contributed by atoms with Crippen LogP contribution in [0.4, 0.5) is 14.5 Å². The number of phenols is 1. The minimum atomic E-state index is -2.31. The molecule has 2 aliphatic heterocycles. The normalized spacial score (nSPS) is 31.6. The minimum Gasteiger partial charge on any atom is -0.505 e. The van der Waals surface area contributed by atoms with Crippen molar-refractivity contribution in [1.82, 2.24) is 4.90 Å². The highest BCUT2D eigenvalue weighted by molar-refractivity contribution is 6.58. The van der Waals surface area contributed by atoms with Crippen LogP contribution in [0.15, 0.2) is 54.1 Å². The number of aliphatic carboxylic acids is 1. The molecule has 4 aliphatic rings. The number of alkyl halides is 2. The highest BCUT2D eigenvalue weighted by Crippen LogP contribution is 2.66. The van der Waals surface area contributed by atoms with Crippen LogP contribution in [0.25, 0.3) is 0 Å². The number of likely N-dealkylation sites (tertiary alicyclic amines) is 1. The number of benzene rings is 2. The first-order valence-electron chi connectivity index (χ1n) is 13.6. The predicted octanol–water partition coefficient (Wildman–Crippen LogP) is 4.10. The van der Waals surface area contributed by atoms with E-state index < -0.39 is 80.4 Å². The molecule has 0 spiro atoms. The number of imide groups is 2. The first-order chi connectivity index (χ1) is 20.3. The number of carbonyl (C=O) groups is 5. The quantitative estimate of drug-likeness (QED) is 0.278. The summed E-state index contributed by atoms with van der Waals surface area (Å²) in [6.07, 6.45) is 1.12. The summed E-state index contributed by atoms with van der Waals surface area (Å²) in [5.41, 5.74) is 0.204. The summed E-state index contributed by atoms with van der Waals surface area (Å²) in [5, 5.41) is 19.9. The second kappa shape index (κ2) is 10.1. The van der Waals surface area contributed by atoms with Gasteiger partial charge in [0.05, 0.1) is 17.5 Å². The minimum absolute atomic E-state index is 0.0142. The van der Waals surface area contributed by atoms with Crippen molar-refractivity contribution < 1.29 is 43.0 Å². The summed E-state index contributed by atoms with van der Waals surface area (Å²) >= 11 is 14.3. The molecule has 224 valence electrons. The number of aromatic hydroxyl groups is 1. The molecule has 43 heavy (non-hydrogen) atoms. The predicted molar refractivity (Wildman–Crippen MR) is 148 cm³/mol. The molecule has 0 unspecified atom stereocenters. The van der Waals surface area contributed by atoms with E-state index in [9.17, 15) is 37.9 Å². The lowest BCUT2D eigenvalue weighted by atomic mass is 9.56. The molecule has 2 aromatic rings. The lowest BCUT2D eigenvalue weighted by Gasteiger charge is -2.50. The molecule has 2 N–H and O–H groups in total. The number of para-hydroxylation sites is 1. The fourth-order valence-corrected chi connectivity index (χ4v) is 8.11. The summed E-state index contributed by atoms with van der Waals surface area (Å²) in [6.45, 7) is -0.117. The molecular weight excluding hydrogens is 609 g/mol. The summed E-state index contributed by atoms with van der Waals surface area (Å²) in [7, 11) is 0. The van der Waals surface area contributed by atoms with E-state index in [1.807, 2.05) is 0 Å². The number of carbonyl (C=O) groups excluding carboxylic acids is 4. The highest BCUT2D eigenvalue weighted by atomic mass is 35.5. The van der Waals surface area contributed by atoms with Gasteiger partial charge in [-0.25, -0.2) is 13.7 Å². The third-order valence-corrected chi connectivity index (χ3v) is 10.5. The summed E-state index contributed by atoms with van der Waals surface area (Å²) in [6, 6.07) is 8.14. The Balaban J connectivity index is 1.50. The Morgan fingerprint density at radius 1 is 0.977 bits per heavy atom. The van der Waals surface area contributed by atoms with Crippen molar-refractivity contribution in [3.05, 3.63) is 71.3 Å². The number of amides is 4. The van der Waals surface area contributed by atoms with Gasteiger partial charge in [-0.1, -0.05) is 23.8 Å². The number of hydrogen-bond donors (Lipinski definition) is 2.